The SMILES string of the molecule is COc1ccc2oc(-c3ccc(NC(=O)/C=C/c4ccc(C)cc4)cc3)cc(=O)c2c1. The van der Waals surface area contributed by atoms with Gasteiger partial charge in [0.2, 0.25) is 5.91 Å². The molecule has 0 saturated carbocycles. The molecule has 1 amide bonds. The Hall–Kier alpha value is -4.12. The maximum atomic E-state index is 12.5. The number of rotatable bonds is 5. The molecule has 4 rings (SSSR count). The first-order valence-electron chi connectivity index (χ1n) is 9.80. The van der Waals surface area contributed by atoms with E-state index in [0.29, 0.717) is 28.2 Å². The Morgan fingerprint density at radius 3 is 2.42 bits per heavy atom. The monoisotopic (exact) mass is 411 g/mol. The third kappa shape index (κ3) is 4.73. The minimum Gasteiger partial charge on any atom is -0.497 e. The Kier molecular flexibility index (Phi) is 5.67. The van der Waals surface area contributed by atoms with E-state index >= 15 is 0 Å². The van der Waals surface area contributed by atoms with E-state index < -0.39 is 0 Å². The predicted octanol–water partition coefficient (Wildman–Crippen LogP) is 5.43. The summed E-state index contributed by atoms with van der Waals surface area (Å²) in [5.41, 5.74) is 3.86. The van der Waals surface area contributed by atoms with Crippen molar-refractivity contribution in [2.75, 3.05) is 12.4 Å². The van der Waals surface area contributed by atoms with Gasteiger partial charge in [-0.25, -0.2) is 0 Å². The van der Waals surface area contributed by atoms with Crippen molar-refractivity contribution in [3.63, 3.8) is 0 Å². The van der Waals surface area contributed by atoms with Crippen LogP contribution in [0.25, 0.3) is 28.4 Å². The van der Waals surface area contributed by atoms with Gasteiger partial charge in [-0.05, 0) is 61.0 Å². The zero-order valence-corrected chi connectivity index (χ0v) is 17.2. The molecule has 31 heavy (non-hydrogen) atoms. The first-order chi connectivity index (χ1) is 15.0. The van der Waals surface area contributed by atoms with Crippen molar-refractivity contribution in [1.29, 1.82) is 0 Å². The summed E-state index contributed by atoms with van der Waals surface area (Å²) in [6.07, 6.45) is 3.26. The lowest BCUT2D eigenvalue weighted by atomic mass is 10.1. The largest absolute Gasteiger partial charge is 0.497 e. The van der Waals surface area contributed by atoms with Gasteiger partial charge in [0.15, 0.2) is 5.43 Å². The summed E-state index contributed by atoms with van der Waals surface area (Å²) in [6, 6.07) is 21.6. The molecule has 0 radical (unpaired) electrons. The van der Waals surface area contributed by atoms with Gasteiger partial charge in [0.05, 0.1) is 12.5 Å². The fourth-order valence-electron chi connectivity index (χ4n) is 3.16. The first-order valence-corrected chi connectivity index (χ1v) is 9.80. The van der Waals surface area contributed by atoms with Gasteiger partial charge in [-0.3, -0.25) is 9.59 Å². The van der Waals surface area contributed by atoms with Crippen LogP contribution in [-0.2, 0) is 4.79 Å². The second-order valence-electron chi connectivity index (χ2n) is 7.15. The van der Waals surface area contributed by atoms with E-state index in [1.54, 1.807) is 55.7 Å². The second kappa shape index (κ2) is 8.71. The van der Waals surface area contributed by atoms with Crippen LogP contribution in [-0.4, -0.2) is 13.0 Å². The molecule has 0 saturated heterocycles. The molecule has 5 nitrogen and oxygen atoms in total. The third-order valence-corrected chi connectivity index (χ3v) is 4.88. The molecule has 1 N–H and O–H groups in total. The minimum atomic E-state index is -0.223. The number of carbonyl (C=O) groups is 1. The second-order valence-corrected chi connectivity index (χ2v) is 7.15. The molecule has 1 aromatic heterocycles. The molecular weight excluding hydrogens is 390 g/mol. The van der Waals surface area contributed by atoms with Crippen molar-refractivity contribution in [2.45, 2.75) is 6.92 Å². The van der Waals surface area contributed by atoms with Crippen LogP contribution in [0.15, 0.2) is 88.1 Å². The van der Waals surface area contributed by atoms with Gasteiger partial charge in [0.1, 0.15) is 17.1 Å². The molecule has 0 spiro atoms. The Labute approximate surface area is 179 Å². The summed E-state index contributed by atoms with van der Waals surface area (Å²) in [4.78, 5) is 24.7. The molecule has 0 aliphatic heterocycles. The quantitative estimate of drug-likeness (QED) is 0.445. The Bertz CT molecular complexity index is 1320. The highest BCUT2D eigenvalue weighted by molar-refractivity contribution is 6.02. The molecule has 5 heteroatoms. The average Bonchev–Trinajstić information content (AvgIpc) is 2.79. The van der Waals surface area contributed by atoms with E-state index in [2.05, 4.69) is 5.32 Å². The highest BCUT2D eigenvalue weighted by Crippen LogP contribution is 2.25. The van der Waals surface area contributed by atoms with Crippen LogP contribution in [0.2, 0.25) is 0 Å². The lowest BCUT2D eigenvalue weighted by Gasteiger charge is -2.06. The summed E-state index contributed by atoms with van der Waals surface area (Å²) in [5, 5.41) is 3.29. The van der Waals surface area contributed by atoms with Crippen LogP contribution in [0, 0.1) is 6.92 Å². The zero-order chi connectivity index (χ0) is 21.8. The van der Waals surface area contributed by atoms with Crippen LogP contribution < -0.4 is 15.5 Å². The number of ether oxygens (including phenoxy) is 1. The first kappa shape index (κ1) is 20.2. The fourth-order valence-corrected chi connectivity index (χ4v) is 3.16. The Balaban J connectivity index is 1.49. The highest BCUT2D eigenvalue weighted by Gasteiger charge is 2.08. The number of carbonyl (C=O) groups excluding carboxylic acids is 1. The molecule has 3 aromatic carbocycles. The maximum Gasteiger partial charge on any atom is 0.248 e. The van der Waals surface area contributed by atoms with Crippen molar-refractivity contribution >= 4 is 28.6 Å². The number of amides is 1. The minimum absolute atomic E-state index is 0.145. The fraction of sp³-hybridized carbons (Fsp3) is 0.0769. The average molecular weight is 411 g/mol. The van der Waals surface area contributed by atoms with Crippen molar-refractivity contribution in [3.05, 3.63) is 100 Å². The van der Waals surface area contributed by atoms with Crippen molar-refractivity contribution in [1.82, 2.24) is 0 Å². The predicted molar refractivity (Wildman–Crippen MR) is 123 cm³/mol. The molecule has 0 aliphatic rings. The van der Waals surface area contributed by atoms with E-state index in [-0.39, 0.29) is 11.3 Å². The smallest absolute Gasteiger partial charge is 0.248 e. The molecule has 0 aliphatic carbocycles. The lowest BCUT2D eigenvalue weighted by Crippen LogP contribution is -2.07. The standard InChI is InChI=1S/C26H21NO4/c1-17-3-5-18(6-4-17)7-14-26(29)27-20-10-8-19(9-11-20)25-16-23(28)22-15-21(30-2)12-13-24(22)31-25/h3-16H,1-2H3,(H,27,29)/b14-7+. The van der Waals surface area contributed by atoms with Crippen molar-refractivity contribution in [2.24, 2.45) is 0 Å². The Morgan fingerprint density at radius 1 is 0.968 bits per heavy atom. The van der Waals surface area contributed by atoms with Crippen LogP contribution >= 0.6 is 0 Å². The summed E-state index contributed by atoms with van der Waals surface area (Å²) >= 11 is 0. The summed E-state index contributed by atoms with van der Waals surface area (Å²) < 4.78 is 11.1. The van der Waals surface area contributed by atoms with Crippen LogP contribution in [0.5, 0.6) is 5.75 Å². The van der Waals surface area contributed by atoms with E-state index in [1.807, 2.05) is 31.2 Å². The van der Waals surface area contributed by atoms with E-state index in [0.717, 1.165) is 11.1 Å². The van der Waals surface area contributed by atoms with Crippen molar-refractivity contribution < 1.29 is 13.9 Å². The number of hydrogen-bond acceptors (Lipinski definition) is 4. The summed E-state index contributed by atoms with van der Waals surface area (Å²) in [6.45, 7) is 2.02. The number of aryl methyl sites for hydroxylation is 1. The molecule has 0 fully saturated rings. The third-order valence-electron chi connectivity index (χ3n) is 4.88. The highest BCUT2D eigenvalue weighted by atomic mass is 16.5. The number of fused-ring (bicyclic) bond motifs is 1. The van der Waals surface area contributed by atoms with E-state index in [4.69, 9.17) is 9.15 Å². The van der Waals surface area contributed by atoms with Crippen LogP contribution in [0.1, 0.15) is 11.1 Å². The number of nitrogens with one attached hydrogen (secondary N) is 1. The van der Waals surface area contributed by atoms with Gasteiger partial charge in [-0.2, -0.15) is 0 Å². The van der Waals surface area contributed by atoms with E-state index in [1.165, 1.54) is 17.7 Å². The molecule has 4 aromatic rings. The molecule has 0 unspecified atom stereocenters. The lowest BCUT2D eigenvalue weighted by molar-refractivity contribution is -0.111. The topological polar surface area (TPSA) is 68.5 Å². The van der Waals surface area contributed by atoms with Crippen LogP contribution in [0.4, 0.5) is 5.69 Å². The molecule has 0 atom stereocenters. The van der Waals surface area contributed by atoms with Crippen LogP contribution in [0.3, 0.4) is 0 Å². The van der Waals surface area contributed by atoms with Gasteiger partial charge in [0, 0.05) is 23.4 Å². The molecule has 0 bridgehead atoms. The van der Waals surface area contributed by atoms with Crippen molar-refractivity contribution in [3.8, 4) is 17.1 Å². The van der Waals surface area contributed by atoms with Gasteiger partial charge >= 0.3 is 0 Å². The van der Waals surface area contributed by atoms with Gasteiger partial charge < -0.3 is 14.5 Å². The maximum absolute atomic E-state index is 12.5. The number of benzene rings is 3. The molecule has 154 valence electrons. The number of hydrogen-bond donors (Lipinski definition) is 1. The molecule has 1 heterocycles. The van der Waals surface area contributed by atoms with Gasteiger partial charge in [-0.15, -0.1) is 0 Å². The normalized spacial score (nSPS) is 11.0. The van der Waals surface area contributed by atoms with Gasteiger partial charge in [-0.1, -0.05) is 29.8 Å². The number of anilines is 1. The molecular formula is C26H21NO4. The zero-order valence-electron chi connectivity index (χ0n) is 17.2. The van der Waals surface area contributed by atoms with E-state index in [9.17, 15) is 9.59 Å². The summed E-state index contributed by atoms with van der Waals surface area (Å²) in [5.74, 6) is 0.836. The Morgan fingerprint density at radius 2 is 1.71 bits per heavy atom. The summed E-state index contributed by atoms with van der Waals surface area (Å²) in [7, 11) is 1.55. The van der Waals surface area contributed by atoms with Gasteiger partial charge in [0.25, 0.3) is 0 Å². The number of methoxy groups -OCH3 is 1.